The second kappa shape index (κ2) is 4.47. The van der Waals surface area contributed by atoms with Gasteiger partial charge in [-0.2, -0.15) is 0 Å². The minimum absolute atomic E-state index is 0.161. The molecule has 20 heavy (non-hydrogen) atoms. The fraction of sp³-hybridized carbons (Fsp3) is 0.667. The summed E-state index contributed by atoms with van der Waals surface area (Å²) in [7, 11) is -0.637. The maximum atomic E-state index is 10.5. The molecule has 1 fully saturated rings. The minimum atomic E-state index is -0.637. The standard InChI is InChI=1S/C15H24BNO3/c1-13(2,3)10-8-9-17-12(11(10)18)16-19-14(4,5)15(6,7)20-16/h8-9,18H,1-7H3. The lowest BCUT2D eigenvalue weighted by molar-refractivity contribution is 0.00578. The van der Waals surface area contributed by atoms with Gasteiger partial charge in [-0.05, 0) is 39.2 Å². The van der Waals surface area contributed by atoms with Crippen LogP contribution in [0.3, 0.4) is 0 Å². The van der Waals surface area contributed by atoms with Gasteiger partial charge in [0, 0.05) is 11.8 Å². The number of hydrogen-bond acceptors (Lipinski definition) is 4. The zero-order chi connectivity index (χ0) is 15.3. The molecule has 0 unspecified atom stereocenters. The van der Waals surface area contributed by atoms with Crippen LogP contribution in [-0.4, -0.2) is 28.4 Å². The molecule has 0 saturated carbocycles. The average Bonchev–Trinajstić information content (AvgIpc) is 2.46. The highest BCUT2D eigenvalue weighted by atomic mass is 16.7. The van der Waals surface area contributed by atoms with E-state index in [-0.39, 0.29) is 11.2 Å². The van der Waals surface area contributed by atoms with E-state index in [0.29, 0.717) is 5.59 Å². The van der Waals surface area contributed by atoms with Gasteiger partial charge < -0.3 is 14.4 Å². The lowest BCUT2D eigenvalue weighted by atomic mass is 9.78. The average molecular weight is 277 g/mol. The van der Waals surface area contributed by atoms with E-state index in [2.05, 4.69) is 25.8 Å². The van der Waals surface area contributed by atoms with Crippen LogP contribution in [0.1, 0.15) is 54.0 Å². The molecule has 0 amide bonds. The van der Waals surface area contributed by atoms with Crippen molar-refractivity contribution in [2.75, 3.05) is 0 Å². The molecule has 4 nitrogen and oxygen atoms in total. The minimum Gasteiger partial charge on any atom is -0.506 e. The number of rotatable bonds is 1. The molecule has 0 bridgehead atoms. The van der Waals surface area contributed by atoms with Crippen molar-refractivity contribution in [3.8, 4) is 5.75 Å². The Morgan fingerprint density at radius 2 is 1.60 bits per heavy atom. The van der Waals surface area contributed by atoms with Crippen LogP contribution in [0, 0.1) is 0 Å². The first-order valence-electron chi connectivity index (χ1n) is 7.00. The summed E-state index contributed by atoms with van der Waals surface area (Å²) in [6, 6.07) is 1.84. The second-order valence-electron chi connectivity index (χ2n) is 7.43. The maximum Gasteiger partial charge on any atom is 0.518 e. The molecule has 0 aliphatic carbocycles. The predicted molar refractivity (Wildman–Crippen MR) is 80.3 cm³/mol. The van der Waals surface area contributed by atoms with Gasteiger partial charge in [0.25, 0.3) is 0 Å². The third kappa shape index (κ3) is 2.45. The van der Waals surface area contributed by atoms with Crippen LogP contribution in [-0.2, 0) is 14.7 Å². The first kappa shape index (κ1) is 15.3. The molecule has 2 heterocycles. The van der Waals surface area contributed by atoms with Crippen molar-refractivity contribution in [1.82, 2.24) is 4.98 Å². The van der Waals surface area contributed by atoms with Crippen LogP contribution in [0.5, 0.6) is 5.75 Å². The summed E-state index contributed by atoms with van der Waals surface area (Å²) in [6.45, 7) is 14.1. The van der Waals surface area contributed by atoms with E-state index in [4.69, 9.17) is 9.31 Å². The molecule has 0 radical (unpaired) electrons. The molecule has 110 valence electrons. The number of aromatic hydroxyl groups is 1. The molecular weight excluding hydrogens is 253 g/mol. The van der Waals surface area contributed by atoms with E-state index < -0.39 is 18.3 Å². The molecule has 1 aliphatic heterocycles. The predicted octanol–water partition coefficient (Wildman–Crippen LogP) is 2.38. The summed E-state index contributed by atoms with van der Waals surface area (Å²) in [4.78, 5) is 4.27. The van der Waals surface area contributed by atoms with Crippen molar-refractivity contribution in [2.24, 2.45) is 0 Å². The number of aromatic nitrogens is 1. The summed E-state index contributed by atoms with van der Waals surface area (Å²) in [5.41, 5.74) is 0.256. The van der Waals surface area contributed by atoms with Gasteiger partial charge in [0.15, 0.2) is 0 Å². The fourth-order valence-electron chi connectivity index (χ4n) is 2.20. The summed E-state index contributed by atoms with van der Waals surface area (Å²) in [5, 5.41) is 10.5. The van der Waals surface area contributed by atoms with E-state index in [0.717, 1.165) is 5.56 Å². The Morgan fingerprint density at radius 1 is 1.10 bits per heavy atom. The molecule has 2 rings (SSSR count). The molecule has 1 aromatic heterocycles. The molecule has 0 atom stereocenters. The summed E-state index contributed by atoms with van der Waals surface area (Å²) >= 11 is 0. The van der Waals surface area contributed by atoms with Crippen LogP contribution in [0.4, 0.5) is 0 Å². The lowest BCUT2D eigenvalue weighted by Gasteiger charge is -2.32. The quantitative estimate of drug-likeness (QED) is 0.801. The van der Waals surface area contributed by atoms with Gasteiger partial charge in [-0.25, -0.2) is 0 Å². The number of nitrogens with zero attached hydrogens (tertiary/aromatic N) is 1. The SMILES string of the molecule is CC(C)(C)c1ccnc(B2OC(C)(C)C(C)(C)O2)c1O. The van der Waals surface area contributed by atoms with Crippen molar-refractivity contribution < 1.29 is 14.4 Å². The van der Waals surface area contributed by atoms with Gasteiger partial charge in [-0.1, -0.05) is 20.8 Å². The Morgan fingerprint density at radius 3 is 2.05 bits per heavy atom. The zero-order valence-corrected chi connectivity index (χ0v) is 13.4. The van der Waals surface area contributed by atoms with Crippen LogP contribution >= 0.6 is 0 Å². The lowest BCUT2D eigenvalue weighted by Crippen LogP contribution is -2.41. The third-order valence-electron chi connectivity index (χ3n) is 4.24. The van der Waals surface area contributed by atoms with E-state index >= 15 is 0 Å². The van der Waals surface area contributed by atoms with Gasteiger partial charge in [0.2, 0.25) is 0 Å². The van der Waals surface area contributed by atoms with Crippen molar-refractivity contribution >= 4 is 12.7 Å². The number of pyridine rings is 1. The van der Waals surface area contributed by atoms with Crippen molar-refractivity contribution in [2.45, 2.75) is 65.1 Å². The smallest absolute Gasteiger partial charge is 0.506 e. The molecule has 1 saturated heterocycles. The van der Waals surface area contributed by atoms with Gasteiger partial charge in [-0.15, -0.1) is 0 Å². The molecule has 1 N–H and O–H groups in total. The van der Waals surface area contributed by atoms with Crippen molar-refractivity contribution in [3.05, 3.63) is 17.8 Å². The maximum absolute atomic E-state index is 10.5. The Labute approximate surface area is 121 Å². The Kier molecular flexibility index (Phi) is 3.42. The molecule has 1 aromatic rings. The molecule has 1 aliphatic rings. The molecule has 0 aromatic carbocycles. The van der Waals surface area contributed by atoms with Crippen LogP contribution in [0.25, 0.3) is 0 Å². The summed E-state index contributed by atoms with van der Waals surface area (Å²) in [6.07, 6.45) is 1.70. The second-order valence-corrected chi connectivity index (χ2v) is 7.43. The van der Waals surface area contributed by atoms with E-state index in [1.54, 1.807) is 6.20 Å². The largest absolute Gasteiger partial charge is 0.518 e. The summed E-state index contributed by atoms with van der Waals surface area (Å²) < 4.78 is 11.9. The molecule has 0 spiro atoms. The highest BCUT2D eigenvalue weighted by Crippen LogP contribution is 2.38. The first-order valence-corrected chi connectivity index (χ1v) is 7.00. The van der Waals surface area contributed by atoms with Crippen LogP contribution in [0.2, 0.25) is 0 Å². The van der Waals surface area contributed by atoms with Gasteiger partial charge in [0.05, 0.1) is 11.2 Å². The van der Waals surface area contributed by atoms with Crippen molar-refractivity contribution in [1.29, 1.82) is 0 Å². The zero-order valence-electron chi connectivity index (χ0n) is 13.4. The fourth-order valence-corrected chi connectivity index (χ4v) is 2.20. The van der Waals surface area contributed by atoms with Crippen LogP contribution in [0.15, 0.2) is 12.3 Å². The van der Waals surface area contributed by atoms with E-state index in [9.17, 15) is 5.11 Å². The molecular formula is C15H24BNO3. The van der Waals surface area contributed by atoms with Gasteiger partial charge in [0.1, 0.15) is 11.3 Å². The normalized spacial score (nSPS) is 21.2. The highest BCUT2D eigenvalue weighted by Gasteiger charge is 2.53. The van der Waals surface area contributed by atoms with E-state index in [1.807, 2.05) is 33.8 Å². The highest BCUT2D eigenvalue weighted by molar-refractivity contribution is 6.62. The topological polar surface area (TPSA) is 51.6 Å². The van der Waals surface area contributed by atoms with Crippen LogP contribution < -0.4 is 5.59 Å². The Balaban J connectivity index is 2.42. The Hall–Kier alpha value is -1.07. The molecule has 5 heteroatoms. The van der Waals surface area contributed by atoms with Crippen molar-refractivity contribution in [3.63, 3.8) is 0 Å². The summed E-state index contributed by atoms with van der Waals surface area (Å²) in [5.74, 6) is 0.165. The third-order valence-corrected chi connectivity index (χ3v) is 4.24. The Bertz CT molecular complexity index is 504. The number of hydrogen-bond donors (Lipinski definition) is 1. The van der Waals surface area contributed by atoms with E-state index in [1.165, 1.54) is 0 Å². The monoisotopic (exact) mass is 277 g/mol. The van der Waals surface area contributed by atoms with Gasteiger partial charge in [-0.3, -0.25) is 4.98 Å². The first-order chi connectivity index (χ1) is 8.96. The van der Waals surface area contributed by atoms with Gasteiger partial charge >= 0.3 is 7.12 Å².